The number of nitrogens with zero attached hydrogens (tertiary/aromatic N) is 3. The zero-order valence-corrected chi connectivity index (χ0v) is 13.3. The SMILES string of the molecule is CC#CCNC(=O)N(C)c1sc(-c2cncc(F)c2)nc1C. The Kier molecular flexibility index (Phi) is 5.07. The first-order valence-electron chi connectivity index (χ1n) is 6.52. The number of halogens is 1. The highest BCUT2D eigenvalue weighted by Crippen LogP contribution is 2.33. The molecule has 0 aliphatic rings. The minimum Gasteiger partial charge on any atom is -0.327 e. The number of thiazole rings is 1. The van der Waals surface area contributed by atoms with Crippen LogP contribution in [0.5, 0.6) is 0 Å². The van der Waals surface area contributed by atoms with Gasteiger partial charge in [-0.05, 0) is 19.9 Å². The van der Waals surface area contributed by atoms with Gasteiger partial charge in [-0.2, -0.15) is 0 Å². The van der Waals surface area contributed by atoms with E-state index in [2.05, 4.69) is 27.1 Å². The molecule has 22 heavy (non-hydrogen) atoms. The highest BCUT2D eigenvalue weighted by Gasteiger charge is 2.18. The maximum absolute atomic E-state index is 13.2. The summed E-state index contributed by atoms with van der Waals surface area (Å²) in [5, 5.41) is 4.00. The monoisotopic (exact) mass is 318 g/mol. The highest BCUT2D eigenvalue weighted by atomic mass is 32.1. The van der Waals surface area contributed by atoms with Crippen molar-refractivity contribution in [2.45, 2.75) is 13.8 Å². The van der Waals surface area contributed by atoms with Gasteiger partial charge in [0, 0.05) is 18.8 Å². The highest BCUT2D eigenvalue weighted by molar-refractivity contribution is 7.19. The fourth-order valence-corrected chi connectivity index (χ4v) is 2.78. The fourth-order valence-electron chi connectivity index (χ4n) is 1.77. The lowest BCUT2D eigenvalue weighted by atomic mass is 10.3. The van der Waals surface area contributed by atoms with Gasteiger partial charge in [0.1, 0.15) is 15.8 Å². The van der Waals surface area contributed by atoms with Gasteiger partial charge < -0.3 is 5.32 Å². The average molecular weight is 318 g/mol. The van der Waals surface area contributed by atoms with Crippen LogP contribution >= 0.6 is 11.3 Å². The molecule has 0 aliphatic heterocycles. The van der Waals surface area contributed by atoms with Gasteiger partial charge in [0.15, 0.2) is 0 Å². The van der Waals surface area contributed by atoms with Gasteiger partial charge in [-0.25, -0.2) is 14.2 Å². The maximum atomic E-state index is 13.2. The van der Waals surface area contributed by atoms with E-state index in [1.165, 1.54) is 22.3 Å². The second-order valence-electron chi connectivity index (χ2n) is 4.45. The number of rotatable bonds is 3. The molecule has 2 aromatic rings. The Labute approximate surface area is 132 Å². The molecule has 0 fully saturated rings. The first kappa shape index (κ1) is 15.9. The third kappa shape index (κ3) is 3.59. The Bertz CT molecular complexity index is 747. The van der Waals surface area contributed by atoms with Crippen molar-refractivity contribution in [1.29, 1.82) is 0 Å². The molecule has 0 aliphatic carbocycles. The van der Waals surface area contributed by atoms with Crippen molar-refractivity contribution in [2.75, 3.05) is 18.5 Å². The standard InChI is InChI=1S/C15H15FN4OS/c1-4-5-6-18-15(21)20(3)14-10(2)19-13(22-14)11-7-12(16)9-17-8-11/h7-9H,6H2,1-3H3,(H,18,21). The topological polar surface area (TPSA) is 58.1 Å². The molecule has 0 spiro atoms. The van der Waals surface area contributed by atoms with E-state index < -0.39 is 5.82 Å². The summed E-state index contributed by atoms with van der Waals surface area (Å²) in [6.07, 6.45) is 2.68. The smallest absolute Gasteiger partial charge is 0.323 e. The minimum absolute atomic E-state index is 0.265. The zero-order valence-electron chi connectivity index (χ0n) is 12.5. The summed E-state index contributed by atoms with van der Waals surface area (Å²) in [6.45, 7) is 3.80. The lowest BCUT2D eigenvalue weighted by Crippen LogP contribution is -2.37. The fraction of sp³-hybridized carbons (Fsp3) is 0.267. The van der Waals surface area contributed by atoms with Crippen LogP contribution < -0.4 is 10.2 Å². The second kappa shape index (κ2) is 7.00. The van der Waals surface area contributed by atoms with Crippen LogP contribution in [0.1, 0.15) is 12.6 Å². The number of aromatic nitrogens is 2. The van der Waals surface area contributed by atoms with E-state index in [1.807, 2.05) is 0 Å². The summed E-state index contributed by atoms with van der Waals surface area (Å²) < 4.78 is 13.2. The van der Waals surface area contributed by atoms with Crippen LogP contribution in [-0.4, -0.2) is 29.6 Å². The summed E-state index contributed by atoms with van der Waals surface area (Å²) in [5.41, 5.74) is 1.29. The van der Waals surface area contributed by atoms with Gasteiger partial charge in [0.25, 0.3) is 0 Å². The van der Waals surface area contributed by atoms with Gasteiger partial charge in [0.2, 0.25) is 0 Å². The van der Waals surface area contributed by atoms with Crippen molar-refractivity contribution in [3.05, 3.63) is 30.0 Å². The number of nitrogens with one attached hydrogen (secondary N) is 1. The van der Waals surface area contributed by atoms with Crippen molar-refractivity contribution in [2.24, 2.45) is 0 Å². The van der Waals surface area contributed by atoms with E-state index in [9.17, 15) is 9.18 Å². The summed E-state index contributed by atoms with van der Waals surface area (Å²) in [6, 6.07) is 1.10. The summed E-state index contributed by atoms with van der Waals surface area (Å²) in [5.74, 6) is 5.05. The Balaban J connectivity index is 2.21. The summed E-state index contributed by atoms with van der Waals surface area (Å²) in [4.78, 5) is 21.7. The van der Waals surface area contributed by atoms with Crippen LogP contribution in [0.4, 0.5) is 14.2 Å². The molecule has 0 saturated heterocycles. The second-order valence-corrected chi connectivity index (χ2v) is 5.42. The minimum atomic E-state index is -0.420. The van der Waals surface area contributed by atoms with Crippen molar-refractivity contribution < 1.29 is 9.18 Å². The molecule has 7 heteroatoms. The first-order chi connectivity index (χ1) is 10.5. The Morgan fingerprint density at radius 2 is 2.27 bits per heavy atom. The number of pyridine rings is 1. The average Bonchev–Trinajstić information content (AvgIpc) is 2.88. The Morgan fingerprint density at radius 3 is 2.95 bits per heavy atom. The zero-order chi connectivity index (χ0) is 16.1. The van der Waals surface area contributed by atoms with E-state index in [-0.39, 0.29) is 12.6 Å². The quantitative estimate of drug-likeness (QED) is 0.885. The third-order valence-corrected chi connectivity index (χ3v) is 4.12. The number of amides is 2. The lowest BCUT2D eigenvalue weighted by molar-refractivity contribution is 0.248. The number of hydrogen-bond donors (Lipinski definition) is 1. The van der Waals surface area contributed by atoms with Crippen molar-refractivity contribution in [3.63, 3.8) is 0 Å². The van der Waals surface area contributed by atoms with Crippen LogP contribution in [0.25, 0.3) is 10.6 Å². The van der Waals surface area contributed by atoms with Crippen LogP contribution in [0.3, 0.4) is 0 Å². The molecule has 0 aromatic carbocycles. The molecule has 0 saturated carbocycles. The van der Waals surface area contributed by atoms with E-state index in [4.69, 9.17) is 0 Å². The number of anilines is 1. The molecular formula is C15H15FN4OS. The van der Waals surface area contributed by atoms with Gasteiger partial charge >= 0.3 is 6.03 Å². The third-order valence-electron chi connectivity index (χ3n) is 2.84. The molecule has 0 bridgehead atoms. The van der Waals surface area contributed by atoms with E-state index >= 15 is 0 Å². The van der Waals surface area contributed by atoms with Gasteiger partial charge in [-0.3, -0.25) is 9.88 Å². The van der Waals surface area contributed by atoms with E-state index in [0.29, 0.717) is 21.3 Å². The number of hydrogen-bond acceptors (Lipinski definition) is 4. The van der Waals surface area contributed by atoms with Crippen LogP contribution in [0, 0.1) is 24.6 Å². The molecule has 2 heterocycles. The van der Waals surface area contributed by atoms with Crippen molar-refractivity contribution >= 4 is 22.4 Å². The molecule has 5 nitrogen and oxygen atoms in total. The van der Waals surface area contributed by atoms with Gasteiger partial charge in [-0.1, -0.05) is 17.3 Å². The van der Waals surface area contributed by atoms with Crippen molar-refractivity contribution in [3.8, 4) is 22.4 Å². The molecule has 0 unspecified atom stereocenters. The number of urea groups is 1. The summed E-state index contributed by atoms with van der Waals surface area (Å²) in [7, 11) is 1.66. The molecule has 2 aromatic heterocycles. The van der Waals surface area contributed by atoms with E-state index in [1.54, 1.807) is 27.1 Å². The first-order valence-corrected chi connectivity index (χ1v) is 7.34. The van der Waals surface area contributed by atoms with E-state index in [0.717, 1.165) is 6.20 Å². The molecule has 0 atom stereocenters. The number of carbonyl (C=O) groups is 1. The molecule has 2 amide bonds. The lowest BCUT2D eigenvalue weighted by Gasteiger charge is -2.15. The predicted octanol–water partition coefficient (Wildman–Crippen LogP) is 2.82. The molecule has 1 N–H and O–H groups in total. The van der Waals surface area contributed by atoms with Crippen LogP contribution in [0.2, 0.25) is 0 Å². The van der Waals surface area contributed by atoms with Crippen LogP contribution in [-0.2, 0) is 0 Å². The normalized spacial score (nSPS) is 9.82. The summed E-state index contributed by atoms with van der Waals surface area (Å²) >= 11 is 1.31. The van der Waals surface area contributed by atoms with Crippen LogP contribution in [0.15, 0.2) is 18.5 Å². The molecule has 0 radical (unpaired) electrons. The number of carbonyl (C=O) groups excluding carboxylic acids is 1. The van der Waals surface area contributed by atoms with Gasteiger partial charge in [0.05, 0.1) is 18.4 Å². The molecule has 2 rings (SSSR count). The van der Waals surface area contributed by atoms with Gasteiger partial charge in [-0.15, -0.1) is 5.92 Å². The Morgan fingerprint density at radius 1 is 1.50 bits per heavy atom. The predicted molar refractivity (Wildman–Crippen MR) is 85.3 cm³/mol. The number of aryl methyl sites for hydroxylation is 1. The Hall–Kier alpha value is -2.46. The molecular weight excluding hydrogens is 303 g/mol. The van der Waals surface area contributed by atoms with Crippen molar-refractivity contribution in [1.82, 2.24) is 15.3 Å². The largest absolute Gasteiger partial charge is 0.327 e. The maximum Gasteiger partial charge on any atom is 0.323 e. The molecule has 114 valence electrons.